The molecule has 3 aromatic rings. The van der Waals surface area contributed by atoms with E-state index in [1.807, 2.05) is 19.1 Å². The van der Waals surface area contributed by atoms with Gasteiger partial charge in [0.25, 0.3) is 0 Å². The van der Waals surface area contributed by atoms with Gasteiger partial charge in [-0.2, -0.15) is 18.3 Å². The van der Waals surface area contributed by atoms with Crippen molar-refractivity contribution in [2.45, 2.75) is 32.5 Å². The predicted molar refractivity (Wildman–Crippen MR) is 134 cm³/mol. The fourth-order valence-electron chi connectivity index (χ4n) is 4.51. The number of alkyl halides is 3. The van der Waals surface area contributed by atoms with Crippen molar-refractivity contribution >= 4 is 34.7 Å². The number of nitrogens with zero attached hydrogens (tertiary/aromatic N) is 5. The Bertz CT molecular complexity index is 1340. The average Bonchev–Trinajstić information content (AvgIpc) is 3.45. The second-order valence-electron chi connectivity index (χ2n) is 8.98. The van der Waals surface area contributed by atoms with Gasteiger partial charge in [-0.1, -0.05) is 0 Å². The number of methoxy groups -OCH3 is 1. The number of hydrogen-bond donors (Lipinski definition) is 3. The van der Waals surface area contributed by atoms with E-state index in [4.69, 9.17) is 14.6 Å². The quantitative estimate of drug-likeness (QED) is 0.468. The zero-order valence-electron chi connectivity index (χ0n) is 21.0. The van der Waals surface area contributed by atoms with Crippen LogP contribution in [-0.2, 0) is 11.2 Å². The van der Waals surface area contributed by atoms with E-state index in [1.165, 1.54) is 5.69 Å². The second kappa shape index (κ2) is 10.7. The van der Waals surface area contributed by atoms with Crippen LogP contribution in [0.4, 0.5) is 35.2 Å². The zero-order valence-corrected chi connectivity index (χ0v) is 21.0. The molecule has 0 aliphatic carbocycles. The van der Waals surface area contributed by atoms with Gasteiger partial charge in [0.2, 0.25) is 0 Å². The number of halogens is 3. The van der Waals surface area contributed by atoms with E-state index in [0.29, 0.717) is 24.0 Å². The largest absolute Gasteiger partial charge is 0.493 e. The highest BCUT2D eigenvalue weighted by molar-refractivity contribution is 6.04. The maximum atomic E-state index is 13.2. The van der Waals surface area contributed by atoms with Gasteiger partial charge in [-0.25, -0.2) is 19.1 Å². The van der Waals surface area contributed by atoms with E-state index in [1.54, 1.807) is 28.9 Å². The van der Waals surface area contributed by atoms with Crippen LogP contribution < -0.4 is 25.2 Å². The Morgan fingerprint density at radius 1 is 1.26 bits per heavy atom. The van der Waals surface area contributed by atoms with Crippen LogP contribution in [0.1, 0.15) is 18.2 Å². The number of ether oxygens (including phenoxy) is 1. The van der Waals surface area contributed by atoms with Crippen LogP contribution >= 0.6 is 0 Å². The molecule has 2 aliphatic rings. The van der Waals surface area contributed by atoms with Crippen molar-refractivity contribution in [1.29, 1.82) is 0 Å². The molecule has 5 rings (SSSR count). The summed E-state index contributed by atoms with van der Waals surface area (Å²) < 4.78 is 39.0. The fourth-order valence-corrected chi connectivity index (χ4v) is 4.51. The molecule has 0 saturated carbocycles. The van der Waals surface area contributed by atoms with Gasteiger partial charge in [-0.15, -0.1) is 0 Å². The number of amides is 2. The summed E-state index contributed by atoms with van der Waals surface area (Å²) in [5, 5.41) is 18.0. The SMILES string of the molecule is COc1cn2nc(C)cc2cc1NC(=O)N1CCc2c(N3CCN[C@H](C)C3)ccnc21.O=C(O)C(F)(F)F. The van der Waals surface area contributed by atoms with Crippen LogP contribution in [-0.4, -0.2) is 77.2 Å². The lowest BCUT2D eigenvalue weighted by Gasteiger charge is -2.34. The minimum Gasteiger partial charge on any atom is -0.493 e. The fraction of sp³-hybridized carbons (Fsp3) is 0.417. The molecule has 0 radical (unpaired) electrons. The third-order valence-electron chi connectivity index (χ3n) is 6.19. The number of nitrogens with one attached hydrogen (secondary N) is 2. The number of aryl methyl sites for hydroxylation is 1. The van der Waals surface area contributed by atoms with Crippen molar-refractivity contribution in [3.63, 3.8) is 0 Å². The maximum Gasteiger partial charge on any atom is 0.490 e. The lowest BCUT2D eigenvalue weighted by molar-refractivity contribution is -0.192. The van der Waals surface area contributed by atoms with Crippen molar-refractivity contribution in [3.8, 4) is 5.75 Å². The molecular formula is C24H28F3N7O4. The number of carboxylic acid groups (broad SMARTS) is 1. The number of piperazine rings is 1. The number of aliphatic carboxylic acids is 1. The smallest absolute Gasteiger partial charge is 0.490 e. The zero-order chi connectivity index (χ0) is 27.6. The first kappa shape index (κ1) is 27.0. The number of hydrogen-bond acceptors (Lipinski definition) is 7. The van der Waals surface area contributed by atoms with Crippen molar-refractivity contribution in [1.82, 2.24) is 19.9 Å². The van der Waals surface area contributed by atoms with Crippen LogP contribution in [0.15, 0.2) is 30.6 Å². The topological polar surface area (TPSA) is 124 Å². The van der Waals surface area contributed by atoms with Crippen molar-refractivity contribution in [3.05, 3.63) is 41.9 Å². The highest BCUT2D eigenvalue weighted by Crippen LogP contribution is 2.35. The Morgan fingerprint density at radius 2 is 2.00 bits per heavy atom. The van der Waals surface area contributed by atoms with Crippen LogP contribution in [0.5, 0.6) is 5.75 Å². The summed E-state index contributed by atoms with van der Waals surface area (Å²) in [5.41, 5.74) is 4.73. The summed E-state index contributed by atoms with van der Waals surface area (Å²) in [6.07, 6.45) is -0.714. The van der Waals surface area contributed by atoms with Crippen LogP contribution in [0, 0.1) is 6.92 Å². The lowest BCUT2D eigenvalue weighted by Crippen LogP contribution is -2.49. The molecule has 5 heterocycles. The Hall–Kier alpha value is -4.07. The third kappa shape index (κ3) is 5.74. The predicted octanol–water partition coefficient (Wildman–Crippen LogP) is 3.07. The van der Waals surface area contributed by atoms with Crippen molar-refractivity contribution in [2.75, 3.05) is 48.4 Å². The summed E-state index contributed by atoms with van der Waals surface area (Å²) in [4.78, 5) is 30.8. The minimum absolute atomic E-state index is 0.212. The molecular weight excluding hydrogens is 507 g/mol. The highest BCUT2D eigenvalue weighted by Gasteiger charge is 2.38. The summed E-state index contributed by atoms with van der Waals surface area (Å²) >= 11 is 0. The first-order chi connectivity index (χ1) is 18.0. The van der Waals surface area contributed by atoms with Gasteiger partial charge in [0, 0.05) is 49.7 Å². The summed E-state index contributed by atoms with van der Waals surface area (Å²) in [7, 11) is 1.58. The van der Waals surface area contributed by atoms with E-state index in [0.717, 1.165) is 48.6 Å². The monoisotopic (exact) mass is 535 g/mol. The van der Waals surface area contributed by atoms with Gasteiger partial charge in [0.05, 0.1) is 30.2 Å². The average molecular weight is 536 g/mol. The number of rotatable bonds is 3. The van der Waals surface area contributed by atoms with Gasteiger partial charge in [-0.3, -0.25) is 4.90 Å². The molecule has 2 aliphatic heterocycles. The van der Waals surface area contributed by atoms with E-state index in [2.05, 4.69) is 38.6 Å². The summed E-state index contributed by atoms with van der Waals surface area (Å²) in [5.74, 6) is -1.46. The van der Waals surface area contributed by atoms with Gasteiger partial charge in [0.1, 0.15) is 5.82 Å². The Labute approximate surface area is 216 Å². The molecule has 1 fully saturated rings. The van der Waals surface area contributed by atoms with E-state index >= 15 is 0 Å². The molecule has 1 atom stereocenters. The third-order valence-corrected chi connectivity index (χ3v) is 6.19. The molecule has 3 aromatic heterocycles. The molecule has 11 nitrogen and oxygen atoms in total. The number of carboxylic acids is 1. The standard InChI is InChI=1S/C22H27N7O2.C2HF3O2/c1-14-10-16-11-18(20(31-3)13-29(16)26-14)25-22(30)28-8-5-17-19(4-6-24-21(17)28)27-9-7-23-15(2)12-27;3-2(4,5)1(6)7/h4,6,10-11,13,15,23H,5,7-9,12H2,1-3H3,(H,25,30);(H,6,7)/t15-;/m1./s1. The first-order valence-electron chi connectivity index (χ1n) is 11.9. The Morgan fingerprint density at radius 3 is 2.66 bits per heavy atom. The van der Waals surface area contributed by atoms with Gasteiger partial charge < -0.3 is 25.4 Å². The molecule has 0 unspecified atom stereocenters. The molecule has 3 N–H and O–H groups in total. The van der Waals surface area contributed by atoms with Crippen molar-refractivity contribution in [2.24, 2.45) is 0 Å². The van der Waals surface area contributed by atoms with Crippen LogP contribution in [0.2, 0.25) is 0 Å². The number of fused-ring (bicyclic) bond motifs is 2. The molecule has 0 spiro atoms. The highest BCUT2D eigenvalue weighted by atomic mass is 19.4. The summed E-state index contributed by atoms with van der Waals surface area (Å²) in [6.45, 7) is 7.59. The molecule has 0 bridgehead atoms. The van der Waals surface area contributed by atoms with E-state index in [9.17, 15) is 18.0 Å². The normalized spacial score (nSPS) is 17.1. The van der Waals surface area contributed by atoms with Gasteiger partial charge >= 0.3 is 18.2 Å². The van der Waals surface area contributed by atoms with Crippen LogP contribution in [0.3, 0.4) is 0 Å². The maximum absolute atomic E-state index is 13.2. The molecule has 1 saturated heterocycles. The Balaban J connectivity index is 0.000000426. The Kier molecular flexibility index (Phi) is 7.62. The van der Waals surface area contributed by atoms with Gasteiger partial charge in [0.15, 0.2) is 5.75 Å². The molecule has 14 heteroatoms. The number of urea groups is 1. The number of carbonyl (C=O) groups is 2. The van der Waals surface area contributed by atoms with E-state index in [-0.39, 0.29) is 6.03 Å². The van der Waals surface area contributed by atoms with Crippen LogP contribution in [0.25, 0.3) is 5.52 Å². The van der Waals surface area contributed by atoms with Crippen molar-refractivity contribution < 1.29 is 32.6 Å². The second-order valence-corrected chi connectivity index (χ2v) is 8.98. The van der Waals surface area contributed by atoms with Gasteiger partial charge in [-0.05, 0) is 38.5 Å². The molecule has 0 aromatic carbocycles. The molecule has 204 valence electrons. The number of anilines is 3. The first-order valence-corrected chi connectivity index (χ1v) is 11.9. The lowest BCUT2D eigenvalue weighted by atomic mass is 10.1. The number of carbonyl (C=O) groups excluding carboxylic acids is 1. The molecule has 38 heavy (non-hydrogen) atoms. The number of aromatic nitrogens is 3. The molecule has 2 amide bonds. The van der Waals surface area contributed by atoms with E-state index < -0.39 is 12.1 Å². The number of pyridine rings is 2. The summed E-state index contributed by atoms with van der Waals surface area (Å²) in [6, 6.07) is 6.13. The minimum atomic E-state index is -5.08.